The summed E-state index contributed by atoms with van der Waals surface area (Å²) in [7, 11) is 0. The second-order valence-electron chi connectivity index (χ2n) is 7.36. The van der Waals surface area contributed by atoms with Crippen molar-refractivity contribution >= 4 is 11.9 Å². The van der Waals surface area contributed by atoms with Crippen LogP contribution in [0.1, 0.15) is 54.8 Å². The molecular formula is C22H27N3O2. The summed E-state index contributed by atoms with van der Waals surface area (Å²) >= 11 is 0. The van der Waals surface area contributed by atoms with Crippen LogP contribution in [0.15, 0.2) is 54.6 Å². The van der Waals surface area contributed by atoms with Gasteiger partial charge in [0.25, 0.3) is 0 Å². The van der Waals surface area contributed by atoms with E-state index in [2.05, 4.69) is 10.6 Å². The molecule has 1 aliphatic carbocycles. The minimum absolute atomic E-state index is 0.305. The molecule has 1 fully saturated rings. The van der Waals surface area contributed by atoms with Gasteiger partial charge in [-0.3, -0.25) is 4.79 Å². The number of benzene rings is 2. The summed E-state index contributed by atoms with van der Waals surface area (Å²) < 4.78 is 0. The first-order chi connectivity index (χ1) is 13.0. The zero-order valence-corrected chi connectivity index (χ0v) is 15.7. The van der Waals surface area contributed by atoms with Gasteiger partial charge in [0.15, 0.2) is 0 Å². The molecule has 1 aliphatic rings. The lowest BCUT2D eigenvalue weighted by atomic mass is 9.81. The number of rotatable bonds is 5. The van der Waals surface area contributed by atoms with Crippen LogP contribution in [-0.4, -0.2) is 17.5 Å². The fraction of sp³-hybridized carbons (Fsp3) is 0.364. The molecule has 0 bridgehead atoms. The summed E-state index contributed by atoms with van der Waals surface area (Å²) in [5.41, 5.74) is 7.81. The maximum absolute atomic E-state index is 12.8. The van der Waals surface area contributed by atoms with Crippen LogP contribution in [0.3, 0.4) is 0 Å². The van der Waals surface area contributed by atoms with E-state index in [1.54, 1.807) is 0 Å². The maximum Gasteiger partial charge on any atom is 0.316 e. The van der Waals surface area contributed by atoms with E-state index in [1.807, 2.05) is 61.5 Å². The fourth-order valence-electron chi connectivity index (χ4n) is 3.74. The van der Waals surface area contributed by atoms with Crippen LogP contribution in [0.5, 0.6) is 0 Å². The van der Waals surface area contributed by atoms with E-state index in [0.29, 0.717) is 12.8 Å². The number of aryl methyl sites for hydroxylation is 1. The lowest BCUT2D eigenvalue weighted by Gasteiger charge is -2.35. The summed E-state index contributed by atoms with van der Waals surface area (Å²) in [4.78, 5) is 24.9. The van der Waals surface area contributed by atoms with Gasteiger partial charge in [-0.2, -0.15) is 0 Å². The van der Waals surface area contributed by atoms with Crippen LogP contribution < -0.4 is 16.4 Å². The first-order valence-corrected chi connectivity index (χ1v) is 9.50. The van der Waals surface area contributed by atoms with Gasteiger partial charge in [-0.25, -0.2) is 4.79 Å². The van der Waals surface area contributed by atoms with Crippen LogP contribution >= 0.6 is 0 Å². The fourth-order valence-corrected chi connectivity index (χ4v) is 3.74. The van der Waals surface area contributed by atoms with E-state index < -0.39 is 11.4 Å². The standard InChI is InChI=1S/C22H27N3O2/c1-16-10-12-18(13-11-16)19(17-8-4-2-5-9-17)24-21(27)25-22(20(23)26)14-6-3-7-15-22/h2,4-5,8-13,19H,3,6-7,14-15H2,1H3,(H2,23,26)(H2,24,25,27). The Hall–Kier alpha value is -2.82. The van der Waals surface area contributed by atoms with Gasteiger partial charge in [-0.05, 0) is 30.9 Å². The van der Waals surface area contributed by atoms with E-state index in [1.165, 1.54) is 0 Å². The quantitative estimate of drug-likeness (QED) is 0.757. The number of nitrogens with two attached hydrogens (primary N) is 1. The molecule has 3 amide bonds. The summed E-state index contributed by atoms with van der Waals surface area (Å²) in [6.45, 7) is 2.03. The summed E-state index contributed by atoms with van der Waals surface area (Å²) in [6, 6.07) is 17.2. The lowest BCUT2D eigenvalue weighted by molar-refractivity contribution is -0.125. The van der Waals surface area contributed by atoms with Crippen molar-refractivity contribution in [3.8, 4) is 0 Å². The van der Waals surface area contributed by atoms with E-state index in [-0.39, 0.29) is 12.1 Å². The summed E-state index contributed by atoms with van der Waals surface area (Å²) in [5.74, 6) is -0.455. The molecule has 27 heavy (non-hydrogen) atoms. The zero-order valence-electron chi connectivity index (χ0n) is 15.7. The topological polar surface area (TPSA) is 84.2 Å². The van der Waals surface area contributed by atoms with Gasteiger partial charge in [-0.15, -0.1) is 0 Å². The Bertz CT molecular complexity index is 781. The number of carbonyl (C=O) groups excluding carboxylic acids is 2. The highest BCUT2D eigenvalue weighted by Crippen LogP contribution is 2.28. The lowest BCUT2D eigenvalue weighted by Crippen LogP contribution is -2.60. The maximum atomic E-state index is 12.8. The van der Waals surface area contributed by atoms with Crippen molar-refractivity contribution in [3.63, 3.8) is 0 Å². The molecule has 3 rings (SSSR count). The van der Waals surface area contributed by atoms with Gasteiger partial charge in [0.2, 0.25) is 5.91 Å². The largest absolute Gasteiger partial charge is 0.368 e. The van der Waals surface area contributed by atoms with Crippen molar-refractivity contribution < 1.29 is 9.59 Å². The van der Waals surface area contributed by atoms with E-state index in [0.717, 1.165) is 36.0 Å². The molecule has 2 aromatic rings. The molecule has 0 heterocycles. The summed E-state index contributed by atoms with van der Waals surface area (Å²) in [6.07, 6.45) is 4.04. The van der Waals surface area contributed by atoms with Crippen molar-refractivity contribution in [3.05, 3.63) is 71.3 Å². The molecule has 5 heteroatoms. The highest BCUT2D eigenvalue weighted by atomic mass is 16.2. The highest BCUT2D eigenvalue weighted by molar-refractivity contribution is 5.90. The van der Waals surface area contributed by atoms with Gasteiger partial charge >= 0.3 is 6.03 Å². The number of primary amides is 1. The molecule has 0 aromatic heterocycles. The third-order valence-corrected chi connectivity index (χ3v) is 5.35. The van der Waals surface area contributed by atoms with Gasteiger partial charge < -0.3 is 16.4 Å². The van der Waals surface area contributed by atoms with Crippen LogP contribution in [0, 0.1) is 6.92 Å². The second kappa shape index (κ2) is 8.25. The van der Waals surface area contributed by atoms with Crippen molar-refractivity contribution in [1.82, 2.24) is 10.6 Å². The van der Waals surface area contributed by atoms with Crippen LogP contribution in [0.25, 0.3) is 0 Å². The van der Waals surface area contributed by atoms with Crippen molar-refractivity contribution in [2.75, 3.05) is 0 Å². The van der Waals surface area contributed by atoms with Crippen molar-refractivity contribution in [2.24, 2.45) is 5.73 Å². The minimum Gasteiger partial charge on any atom is -0.368 e. The first kappa shape index (κ1) is 19.0. The van der Waals surface area contributed by atoms with Crippen LogP contribution in [-0.2, 0) is 4.79 Å². The second-order valence-corrected chi connectivity index (χ2v) is 7.36. The van der Waals surface area contributed by atoms with Gasteiger partial charge in [0.05, 0.1) is 6.04 Å². The molecule has 1 unspecified atom stereocenters. The molecule has 2 aromatic carbocycles. The predicted octanol–water partition coefficient (Wildman–Crippen LogP) is 3.57. The Balaban J connectivity index is 1.82. The SMILES string of the molecule is Cc1ccc(C(NC(=O)NC2(C(N)=O)CCCCC2)c2ccccc2)cc1. The number of amides is 3. The third kappa shape index (κ3) is 4.48. The van der Waals surface area contributed by atoms with Gasteiger partial charge in [0.1, 0.15) is 5.54 Å². The Morgan fingerprint density at radius 3 is 2.11 bits per heavy atom. The minimum atomic E-state index is -0.948. The van der Waals surface area contributed by atoms with Gasteiger partial charge in [0, 0.05) is 0 Å². The zero-order chi connectivity index (χ0) is 19.3. The smallest absolute Gasteiger partial charge is 0.316 e. The molecule has 5 nitrogen and oxygen atoms in total. The molecular weight excluding hydrogens is 338 g/mol. The average molecular weight is 365 g/mol. The van der Waals surface area contributed by atoms with Gasteiger partial charge in [-0.1, -0.05) is 79.4 Å². The molecule has 1 atom stereocenters. The third-order valence-electron chi connectivity index (χ3n) is 5.35. The molecule has 0 aliphatic heterocycles. The van der Waals surface area contributed by atoms with Crippen LogP contribution in [0.2, 0.25) is 0 Å². The van der Waals surface area contributed by atoms with Crippen molar-refractivity contribution in [1.29, 1.82) is 0 Å². The Kier molecular flexibility index (Phi) is 5.79. The monoisotopic (exact) mass is 365 g/mol. The Morgan fingerprint density at radius 1 is 0.926 bits per heavy atom. The molecule has 4 N–H and O–H groups in total. The average Bonchev–Trinajstić information content (AvgIpc) is 2.68. The predicted molar refractivity (Wildman–Crippen MR) is 106 cm³/mol. The summed E-state index contributed by atoms with van der Waals surface area (Å²) in [5, 5.41) is 5.93. The highest BCUT2D eigenvalue weighted by Gasteiger charge is 2.39. The Labute approximate surface area is 160 Å². The molecule has 0 saturated heterocycles. The van der Waals surface area contributed by atoms with E-state index >= 15 is 0 Å². The number of hydrogen-bond donors (Lipinski definition) is 3. The number of hydrogen-bond acceptors (Lipinski definition) is 2. The molecule has 0 radical (unpaired) electrons. The molecule has 1 saturated carbocycles. The molecule has 0 spiro atoms. The van der Waals surface area contributed by atoms with Crippen LogP contribution in [0.4, 0.5) is 4.79 Å². The first-order valence-electron chi connectivity index (χ1n) is 9.50. The van der Waals surface area contributed by atoms with E-state index in [9.17, 15) is 9.59 Å². The van der Waals surface area contributed by atoms with Crippen molar-refractivity contribution in [2.45, 2.75) is 50.6 Å². The number of nitrogens with one attached hydrogen (secondary N) is 2. The molecule has 142 valence electrons. The number of carbonyl (C=O) groups is 2. The van der Waals surface area contributed by atoms with E-state index in [4.69, 9.17) is 5.73 Å². The Morgan fingerprint density at radius 2 is 1.52 bits per heavy atom. The number of urea groups is 1. The normalized spacial score (nSPS) is 16.9.